The van der Waals surface area contributed by atoms with Crippen molar-refractivity contribution in [2.75, 3.05) is 0 Å². The second-order valence-electron chi connectivity index (χ2n) is 5.66. The third-order valence-corrected chi connectivity index (χ3v) is 7.49. The molecule has 2 aromatic rings. The molecule has 5 heteroatoms. The summed E-state index contributed by atoms with van der Waals surface area (Å²) < 4.78 is 0. The molecule has 2 aliphatic rings. The van der Waals surface area contributed by atoms with E-state index in [4.69, 9.17) is 11.1 Å². The molecule has 2 aromatic carbocycles. The van der Waals surface area contributed by atoms with Crippen molar-refractivity contribution >= 4 is 19.2 Å². The predicted octanol–water partition coefficient (Wildman–Crippen LogP) is -0.540. The van der Waals surface area contributed by atoms with Gasteiger partial charge in [-0.2, -0.15) is 11.1 Å². The summed E-state index contributed by atoms with van der Waals surface area (Å²) in [5, 5.41) is 1.45. The van der Waals surface area contributed by atoms with Gasteiger partial charge >= 0.3 is 21.7 Å². The Morgan fingerprint density at radius 2 is 1.46 bits per heavy atom. The molecule has 0 saturated carbocycles. The summed E-state index contributed by atoms with van der Waals surface area (Å²) in [7, 11) is -0.963. The van der Waals surface area contributed by atoms with Crippen LogP contribution in [-0.2, 0) is 21.7 Å². The Kier molecular flexibility index (Phi) is 8.55. The number of hydrogen-bond donors (Lipinski definition) is 0. The minimum Gasteiger partial charge on any atom is -1.00 e. The van der Waals surface area contributed by atoms with Crippen LogP contribution in [0.25, 0.3) is 11.1 Å². The third kappa shape index (κ3) is 3.93. The van der Waals surface area contributed by atoms with Crippen LogP contribution in [0.2, 0.25) is 6.04 Å². The van der Waals surface area contributed by atoms with Crippen molar-refractivity contribution in [3.05, 3.63) is 83.1 Å². The van der Waals surface area contributed by atoms with Crippen LogP contribution in [-0.4, -0.2) is 8.11 Å². The van der Waals surface area contributed by atoms with E-state index >= 15 is 0 Å². The number of rotatable bonds is 3. The maximum absolute atomic E-state index is 6.79. The number of hydrogen-bond acceptors (Lipinski definition) is 0. The molecule has 2 aliphatic carbocycles. The fourth-order valence-corrected chi connectivity index (χ4v) is 6.00. The van der Waals surface area contributed by atoms with Gasteiger partial charge in [0.15, 0.2) is 8.11 Å². The topological polar surface area (TPSA) is 0 Å². The van der Waals surface area contributed by atoms with Gasteiger partial charge in [0.25, 0.3) is 0 Å². The summed E-state index contributed by atoms with van der Waals surface area (Å²) in [5.41, 5.74) is 5.69. The number of fused-ring (bicyclic) bond motifs is 3. The molecule has 0 saturated heterocycles. The summed E-state index contributed by atoms with van der Waals surface area (Å²) in [6, 6.07) is 18.7. The monoisotopic (exact) mass is 425 g/mol. The zero-order chi connectivity index (χ0) is 14.2. The van der Waals surface area contributed by atoms with E-state index in [-0.39, 0.29) is 46.5 Å². The third-order valence-electron chi connectivity index (χ3n) is 4.47. The van der Waals surface area contributed by atoms with Crippen molar-refractivity contribution in [2.24, 2.45) is 0 Å². The molecule has 0 fully saturated rings. The fraction of sp³-hybridized carbons (Fsp3) is 0.158. The summed E-state index contributed by atoms with van der Waals surface area (Å²) in [5.74, 6) is 0.463. The Labute approximate surface area is 177 Å². The molecule has 24 heavy (non-hydrogen) atoms. The maximum atomic E-state index is 6.79. The minimum absolute atomic E-state index is 0. The Morgan fingerprint density at radius 3 is 1.96 bits per heavy atom. The summed E-state index contributed by atoms with van der Waals surface area (Å²) in [6.45, 7) is 0. The van der Waals surface area contributed by atoms with E-state index in [9.17, 15) is 0 Å². The largest absolute Gasteiger partial charge is 2.00 e. The summed E-state index contributed by atoms with van der Waals surface area (Å²) in [6.07, 6.45) is 7.61. The Morgan fingerprint density at radius 1 is 0.917 bits per heavy atom. The van der Waals surface area contributed by atoms with Crippen molar-refractivity contribution < 1.29 is 46.5 Å². The van der Waals surface area contributed by atoms with Gasteiger partial charge in [-0.05, 0) is 34.7 Å². The number of benzene rings is 2. The maximum Gasteiger partial charge on any atom is 2.00 e. The Hall–Kier alpha value is -0.279. The fourth-order valence-electron chi connectivity index (χ4n) is 3.44. The first-order chi connectivity index (χ1) is 10.3. The molecule has 0 nitrogen and oxygen atoms in total. The molecule has 121 valence electrons. The Bertz CT molecular complexity index is 712. The van der Waals surface area contributed by atoms with E-state index in [2.05, 4.69) is 66.8 Å². The van der Waals surface area contributed by atoms with E-state index in [1.165, 1.54) is 27.5 Å². The molecular weight excluding hydrogens is 411 g/mol. The molecule has 0 N–H and O–H groups in total. The molecule has 0 atom stereocenters. The van der Waals surface area contributed by atoms with Gasteiger partial charge in [0, 0.05) is 5.92 Å². The average Bonchev–Trinajstić information content (AvgIpc) is 3.15. The molecule has 1 radical (unpaired) electrons. The smallest absolute Gasteiger partial charge is 1.00 e. The first-order valence-electron chi connectivity index (χ1n) is 7.40. The van der Waals surface area contributed by atoms with Crippen LogP contribution >= 0.6 is 11.1 Å². The van der Waals surface area contributed by atoms with Crippen LogP contribution in [0, 0.1) is 0 Å². The molecule has 0 aliphatic heterocycles. The quantitative estimate of drug-likeness (QED) is 0.457. The van der Waals surface area contributed by atoms with Crippen molar-refractivity contribution in [3.63, 3.8) is 0 Å². The van der Waals surface area contributed by atoms with Crippen LogP contribution in [0.1, 0.15) is 23.5 Å². The van der Waals surface area contributed by atoms with Crippen molar-refractivity contribution in [1.82, 2.24) is 0 Å². The van der Waals surface area contributed by atoms with E-state index in [0.29, 0.717) is 5.92 Å². The summed E-state index contributed by atoms with van der Waals surface area (Å²) >= 11 is 6.79. The average molecular weight is 427 g/mol. The summed E-state index contributed by atoms with van der Waals surface area (Å²) in [4.78, 5) is 0. The van der Waals surface area contributed by atoms with E-state index in [1.54, 1.807) is 0 Å². The van der Waals surface area contributed by atoms with Gasteiger partial charge in [-0.1, -0.05) is 72.0 Å². The van der Waals surface area contributed by atoms with Gasteiger partial charge in [-0.3, -0.25) is 0 Å². The number of halogens is 3. The molecule has 0 amide bonds. The van der Waals surface area contributed by atoms with Crippen molar-refractivity contribution in [2.45, 2.75) is 18.4 Å². The molecule has 0 heterocycles. The van der Waals surface area contributed by atoms with Crippen LogP contribution in [0.3, 0.4) is 0 Å². The molecule has 4 rings (SSSR count). The SMILES string of the molecule is Cl[Si](CC1c2ccccc2-c2ccccc21)C1=CC=CC1.[Cl-].[Cl-].[Ti+2]. The normalized spacial score (nSPS) is 14.2. The molecule has 0 spiro atoms. The standard InChI is InChI=1S/C19H16ClSi.2ClH.Ti/c20-21(14-7-1-2-8-14)13-19-17-11-5-3-9-15(17)16-10-4-6-12-18(16)19;;;/h1-7,9-12,19H,8,13H2;2*1H;/q;;;+2/p-2. The van der Waals surface area contributed by atoms with Gasteiger partial charge in [-0.25, -0.2) is 0 Å². The zero-order valence-electron chi connectivity index (χ0n) is 13.0. The molecule has 0 bridgehead atoms. The van der Waals surface area contributed by atoms with Crippen molar-refractivity contribution in [1.29, 1.82) is 0 Å². The van der Waals surface area contributed by atoms with Gasteiger partial charge in [0.1, 0.15) is 0 Å². The zero-order valence-corrected chi connectivity index (χ0v) is 17.8. The van der Waals surface area contributed by atoms with Gasteiger partial charge in [0.05, 0.1) is 0 Å². The first-order valence-corrected chi connectivity index (χ1v) is 10.1. The van der Waals surface area contributed by atoms with Crippen LogP contribution in [0.5, 0.6) is 0 Å². The van der Waals surface area contributed by atoms with Crippen LogP contribution in [0.15, 0.2) is 72.0 Å². The number of allylic oxidation sites excluding steroid dienone is 4. The van der Waals surface area contributed by atoms with Gasteiger partial charge < -0.3 is 24.8 Å². The second-order valence-corrected chi connectivity index (χ2v) is 8.89. The predicted molar refractivity (Wildman–Crippen MR) is 92.0 cm³/mol. The van der Waals surface area contributed by atoms with Gasteiger partial charge in [-0.15, -0.1) is 0 Å². The first kappa shape index (κ1) is 21.8. The minimum atomic E-state index is -0.963. The van der Waals surface area contributed by atoms with E-state index in [0.717, 1.165) is 12.5 Å². The van der Waals surface area contributed by atoms with E-state index in [1.807, 2.05) is 0 Å². The van der Waals surface area contributed by atoms with Crippen molar-refractivity contribution in [3.8, 4) is 11.1 Å². The Balaban J connectivity index is 0.000000960. The van der Waals surface area contributed by atoms with Crippen LogP contribution in [0.4, 0.5) is 0 Å². The second kappa shape index (κ2) is 9.43. The van der Waals surface area contributed by atoms with Gasteiger partial charge in [0.2, 0.25) is 0 Å². The molecular formula is C19H16Cl3SiTi. The molecule has 0 unspecified atom stereocenters. The van der Waals surface area contributed by atoms with Crippen LogP contribution < -0.4 is 24.8 Å². The molecule has 0 aromatic heterocycles. The van der Waals surface area contributed by atoms with E-state index < -0.39 is 8.11 Å².